The lowest BCUT2D eigenvalue weighted by Gasteiger charge is -2.10. The summed E-state index contributed by atoms with van der Waals surface area (Å²) in [7, 11) is 0. The maximum absolute atomic E-state index is 5.62. The summed E-state index contributed by atoms with van der Waals surface area (Å²) in [5.41, 5.74) is 8.80. The summed E-state index contributed by atoms with van der Waals surface area (Å²) in [6.07, 6.45) is 1.67. The van der Waals surface area contributed by atoms with Crippen LogP contribution in [0.3, 0.4) is 0 Å². The lowest BCUT2D eigenvalue weighted by atomic mass is 10.0. The molecule has 0 bridgehead atoms. The van der Waals surface area contributed by atoms with Gasteiger partial charge in [0, 0.05) is 5.56 Å². The Bertz CT molecular complexity index is 625. The number of fused-ring (bicyclic) bond motifs is 1. The molecule has 0 aromatic heterocycles. The van der Waals surface area contributed by atoms with Gasteiger partial charge >= 0.3 is 0 Å². The van der Waals surface area contributed by atoms with Gasteiger partial charge in [0.15, 0.2) is 5.11 Å². The van der Waals surface area contributed by atoms with Gasteiger partial charge in [-0.3, -0.25) is 5.43 Å². The average Bonchev–Trinajstić information content (AvgIpc) is 2.40. The number of rotatable bonds is 4. The van der Waals surface area contributed by atoms with Crippen LogP contribution in [0, 0.1) is 0 Å². The van der Waals surface area contributed by atoms with E-state index in [0.29, 0.717) is 6.61 Å². The van der Waals surface area contributed by atoms with Crippen LogP contribution in [0.1, 0.15) is 12.5 Å². The molecule has 0 radical (unpaired) electrons. The van der Waals surface area contributed by atoms with Crippen molar-refractivity contribution in [2.75, 3.05) is 6.61 Å². The van der Waals surface area contributed by atoms with Crippen molar-refractivity contribution in [2.24, 2.45) is 10.8 Å². The number of nitrogens with one attached hydrogen (secondary N) is 1. The highest BCUT2D eigenvalue weighted by Crippen LogP contribution is 2.26. The molecule has 0 fully saturated rings. The minimum absolute atomic E-state index is 0.134. The first-order chi connectivity index (χ1) is 9.22. The highest BCUT2D eigenvalue weighted by Gasteiger charge is 2.06. The summed E-state index contributed by atoms with van der Waals surface area (Å²) in [6, 6.07) is 12.0. The molecule has 0 unspecified atom stereocenters. The first-order valence-corrected chi connectivity index (χ1v) is 6.36. The monoisotopic (exact) mass is 273 g/mol. The maximum atomic E-state index is 5.62. The molecule has 19 heavy (non-hydrogen) atoms. The molecule has 5 heteroatoms. The second-order valence-electron chi connectivity index (χ2n) is 3.87. The van der Waals surface area contributed by atoms with Crippen LogP contribution in [0.15, 0.2) is 41.5 Å². The van der Waals surface area contributed by atoms with Gasteiger partial charge in [0.25, 0.3) is 0 Å². The highest BCUT2D eigenvalue weighted by atomic mass is 32.1. The molecular weight excluding hydrogens is 258 g/mol. The van der Waals surface area contributed by atoms with E-state index in [1.807, 2.05) is 43.3 Å². The number of thiocarbonyl (C=S) groups is 1. The van der Waals surface area contributed by atoms with Gasteiger partial charge in [-0.25, -0.2) is 0 Å². The third kappa shape index (κ3) is 3.20. The number of hydrogen-bond donors (Lipinski definition) is 2. The fraction of sp³-hybridized carbons (Fsp3) is 0.143. The number of nitrogens with two attached hydrogens (primary N) is 1. The number of hydrogen-bond acceptors (Lipinski definition) is 3. The Labute approximate surface area is 117 Å². The molecule has 0 saturated heterocycles. The van der Waals surface area contributed by atoms with E-state index in [4.69, 9.17) is 22.7 Å². The van der Waals surface area contributed by atoms with Gasteiger partial charge in [-0.05, 0) is 36.0 Å². The van der Waals surface area contributed by atoms with E-state index in [2.05, 4.69) is 10.5 Å². The van der Waals surface area contributed by atoms with Crippen LogP contribution in [0.4, 0.5) is 0 Å². The van der Waals surface area contributed by atoms with E-state index >= 15 is 0 Å². The van der Waals surface area contributed by atoms with Gasteiger partial charge in [0.2, 0.25) is 0 Å². The van der Waals surface area contributed by atoms with Crippen LogP contribution >= 0.6 is 12.2 Å². The summed E-state index contributed by atoms with van der Waals surface area (Å²) >= 11 is 4.71. The Balaban J connectivity index is 2.49. The predicted molar refractivity (Wildman–Crippen MR) is 82.6 cm³/mol. The van der Waals surface area contributed by atoms with Crippen LogP contribution in [0.5, 0.6) is 5.75 Å². The Hall–Kier alpha value is -2.14. The van der Waals surface area contributed by atoms with Crippen molar-refractivity contribution in [1.29, 1.82) is 0 Å². The van der Waals surface area contributed by atoms with E-state index in [1.165, 1.54) is 0 Å². The van der Waals surface area contributed by atoms with Crippen molar-refractivity contribution < 1.29 is 4.74 Å². The predicted octanol–water partition coefficient (Wildman–Crippen LogP) is 2.41. The molecule has 0 aliphatic heterocycles. The van der Waals surface area contributed by atoms with E-state index in [-0.39, 0.29) is 5.11 Å². The summed E-state index contributed by atoms with van der Waals surface area (Å²) in [5.74, 6) is 0.787. The fourth-order valence-electron chi connectivity index (χ4n) is 1.85. The third-order valence-corrected chi connectivity index (χ3v) is 2.69. The van der Waals surface area contributed by atoms with Gasteiger partial charge in [0.05, 0.1) is 12.8 Å². The number of benzene rings is 2. The molecule has 4 nitrogen and oxygen atoms in total. The van der Waals surface area contributed by atoms with E-state index in [9.17, 15) is 0 Å². The molecule has 2 aromatic rings. The molecule has 98 valence electrons. The lowest BCUT2D eigenvalue weighted by Crippen LogP contribution is -2.24. The molecule has 0 aliphatic rings. The molecule has 2 rings (SSSR count). The minimum Gasteiger partial charge on any atom is -0.493 e. The second-order valence-corrected chi connectivity index (χ2v) is 4.31. The first kappa shape index (κ1) is 13.3. The quantitative estimate of drug-likeness (QED) is 0.510. The van der Waals surface area contributed by atoms with Crippen LogP contribution in [0.25, 0.3) is 10.8 Å². The van der Waals surface area contributed by atoms with Gasteiger partial charge in [-0.15, -0.1) is 0 Å². The van der Waals surface area contributed by atoms with Crippen LogP contribution in [0.2, 0.25) is 0 Å². The topological polar surface area (TPSA) is 59.6 Å². The summed E-state index contributed by atoms with van der Waals surface area (Å²) < 4.78 is 5.62. The van der Waals surface area contributed by atoms with Gasteiger partial charge in [-0.2, -0.15) is 5.10 Å². The zero-order valence-electron chi connectivity index (χ0n) is 10.6. The standard InChI is InChI=1S/C14H15N3OS/c1-2-18-13-8-7-10-5-3-4-6-11(10)12(13)9-16-17-14(15)19/h3-9H,2H2,1H3,(H3,15,17,19)/b16-9-. The Morgan fingerprint density at radius 1 is 1.37 bits per heavy atom. The van der Waals surface area contributed by atoms with Gasteiger partial charge < -0.3 is 10.5 Å². The average molecular weight is 273 g/mol. The van der Waals surface area contributed by atoms with E-state index in [0.717, 1.165) is 22.1 Å². The Morgan fingerprint density at radius 3 is 2.89 bits per heavy atom. The SMILES string of the molecule is CCOc1ccc2ccccc2c1/C=N\NC(N)=S. The normalized spacial score (nSPS) is 10.8. The lowest BCUT2D eigenvalue weighted by molar-refractivity contribution is 0.340. The molecule has 0 amide bonds. The maximum Gasteiger partial charge on any atom is 0.184 e. The van der Waals surface area contributed by atoms with Crippen molar-refractivity contribution in [1.82, 2.24) is 5.43 Å². The van der Waals surface area contributed by atoms with Gasteiger partial charge in [0.1, 0.15) is 5.75 Å². The largest absolute Gasteiger partial charge is 0.493 e. The van der Waals surface area contributed by atoms with Crippen LogP contribution < -0.4 is 15.9 Å². The highest BCUT2D eigenvalue weighted by molar-refractivity contribution is 7.80. The van der Waals surface area contributed by atoms with Crippen molar-refractivity contribution in [3.05, 3.63) is 42.0 Å². The van der Waals surface area contributed by atoms with Gasteiger partial charge in [-0.1, -0.05) is 30.3 Å². The van der Waals surface area contributed by atoms with Crippen LogP contribution in [-0.4, -0.2) is 17.9 Å². The van der Waals surface area contributed by atoms with Crippen molar-refractivity contribution >= 4 is 34.3 Å². The van der Waals surface area contributed by atoms with Crippen LogP contribution in [-0.2, 0) is 0 Å². The summed E-state index contributed by atoms with van der Waals surface area (Å²) in [6.45, 7) is 2.55. The fourth-order valence-corrected chi connectivity index (χ4v) is 1.90. The number of nitrogens with zero attached hydrogens (tertiary/aromatic N) is 1. The molecule has 0 heterocycles. The number of hydrazone groups is 1. The first-order valence-electron chi connectivity index (χ1n) is 5.95. The minimum atomic E-state index is 0.134. The molecule has 0 atom stereocenters. The molecule has 0 saturated carbocycles. The summed E-state index contributed by atoms with van der Waals surface area (Å²) in [4.78, 5) is 0. The van der Waals surface area contributed by atoms with Crippen molar-refractivity contribution in [2.45, 2.75) is 6.92 Å². The van der Waals surface area contributed by atoms with Crippen molar-refractivity contribution in [3.63, 3.8) is 0 Å². The third-order valence-electron chi connectivity index (χ3n) is 2.60. The van der Waals surface area contributed by atoms with E-state index in [1.54, 1.807) is 6.21 Å². The molecule has 3 N–H and O–H groups in total. The number of ether oxygens (including phenoxy) is 1. The Kier molecular flexibility index (Phi) is 4.30. The Morgan fingerprint density at radius 2 is 2.16 bits per heavy atom. The smallest absolute Gasteiger partial charge is 0.184 e. The molecule has 2 aromatic carbocycles. The van der Waals surface area contributed by atoms with Crippen molar-refractivity contribution in [3.8, 4) is 5.75 Å². The second kappa shape index (κ2) is 6.15. The zero-order chi connectivity index (χ0) is 13.7. The summed E-state index contributed by atoms with van der Waals surface area (Å²) in [5, 5.41) is 6.35. The molecule has 0 aliphatic carbocycles. The zero-order valence-corrected chi connectivity index (χ0v) is 11.4. The molecular formula is C14H15N3OS. The molecule has 0 spiro atoms. The van der Waals surface area contributed by atoms with E-state index < -0.39 is 0 Å².